The Bertz CT molecular complexity index is 678. The van der Waals surface area contributed by atoms with Crippen LogP contribution >= 0.6 is 0 Å². The SMILES string of the molecule is Cc1oc(=O)oc1COC(=O)/C=C/C(=O)OCC1CCCC1=O. The minimum Gasteiger partial charge on any atom is -0.462 e. The fourth-order valence-corrected chi connectivity index (χ4v) is 2.12. The highest BCUT2D eigenvalue weighted by molar-refractivity contribution is 5.91. The first-order valence-corrected chi connectivity index (χ1v) is 7.09. The summed E-state index contributed by atoms with van der Waals surface area (Å²) in [6.07, 6.45) is 3.86. The number of carbonyl (C=O) groups is 3. The molecule has 0 N–H and O–H groups in total. The third kappa shape index (κ3) is 4.94. The van der Waals surface area contributed by atoms with Gasteiger partial charge >= 0.3 is 17.8 Å². The van der Waals surface area contributed by atoms with Crippen LogP contribution in [0.25, 0.3) is 0 Å². The number of aryl methyl sites for hydroxylation is 1. The summed E-state index contributed by atoms with van der Waals surface area (Å²) in [7, 11) is 0. The van der Waals surface area contributed by atoms with Crippen LogP contribution in [0.2, 0.25) is 0 Å². The molecule has 1 aromatic rings. The maximum absolute atomic E-state index is 11.4. The lowest BCUT2D eigenvalue weighted by Crippen LogP contribution is -2.16. The molecule has 1 fully saturated rings. The minimum atomic E-state index is -0.880. The highest BCUT2D eigenvalue weighted by Gasteiger charge is 2.25. The number of ether oxygens (including phenoxy) is 2. The summed E-state index contributed by atoms with van der Waals surface area (Å²) in [6.45, 7) is 1.23. The summed E-state index contributed by atoms with van der Waals surface area (Å²) in [5, 5.41) is 0. The summed E-state index contributed by atoms with van der Waals surface area (Å²) >= 11 is 0. The lowest BCUT2D eigenvalue weighted by Gasteiger charge is -2.06. The number of hydrogen-bond donors (Lipinski definition) is 0. The van der Waals surface area contributed by atoms with Crippen LogP contribution in [-0.2, 0) is 30.5 Å². The first-order valence-electron chi connectivity index (χ1n) is 7.09. The Balaban J connectivity index is 1.72. The molecule has 0 aromatic carbocycles. The van der Waals surface area contributed by atoms with E-state index in [2.05, 4.69) is 8.83 Å². The zero-order valence-corrected chi connectivity index (χ0v) is 12.5. The molecule has 1 atom stereocenters. The van der Waals surface area contributed by atoms with Crippen molar-refractivity contribution in [3.63, 3.8) is 0 Å². The molecule has 1 heterocycles. The van der Waals surface area contributed by atoms with Crippen molar-refractivity contribution in [2.75, 3.05) is 6.61 Å². The lowest BCUT2D eigenvalue weighted by molar-refractivity contribution is -0.142. The van der Waals surface area contributed by atoms with Crippen LogP contribution in [0.3, 0.4) is 0 Å². The molecule has 0 radical (unpaired) electrons. The Labute approximate surface area is 131 Å². The van der Waals surface area contributed by atoms with Crippen molar-refractivity contribution in [1.29, 1.82) is 0 Å². The molecule has 0 spiro atoms. The van der Waals surface area contributed by atoms with Gasteiger partial charge < -0.3 is 18.3 Å². The summed E-state index contributed by atoms with van der Waals surface area (Å²) in [6, 6.07) is 0. The molecule has 124 valence electrons. The van der Waals surface area contributed by atoms with E-state index in [0.29, 0.717) is 12.8 Å². The van der Waals surface area contributed by atoms with E-state index >= 15 is 0 Å². The van der Waals surface area contributed by atoms with E-state index < -0.39 is 17.8 Å². The van der Waals surface area contributed by atoms with Gasteiger partial charge in [-0.1, -0.05) is 0 Å². The third-order valence-electron chi connectivity index (χ3n) is 3.39. The van der Waals surface area contributed by atoms with Gasteiger partial charge in [-0.3, -0.25) is 4.79 Å². The highest BCUT2D eigenvalue weighted by Crippen LogP contribution is 2.21. The summed E-state index contributed by atoms with van der Waals surface area (Å²) in [5.41, 5.74) is 0. The molecule has 1 unspecified atom stereocenters. The smallest absolute Gasteiger partial charge is 0.462 e. The van der Waals surface area contributed by atoms with Gasteiger partial charge in [0.25, 0.3) is 0 Å². The number of hydrogen-bond acceptors (Lipinski definition) is 8. The average molecular weight is 324 g/mol. The van der Waals surface area contributed by atoms with E-state index in [1.54, 1.807) is 0 Å². The van der Waals surface area contributed by atoms with Crippen molar-refractivity contribution in [3.8, 4) is 0 Å². The normalized spacial score (nSPS) is 17.6. The third-order valence-corrected chi connectivity index (χ3v) is 3.39. The molecule has 0 saturated heterocycles. The molecule has 0 aliphatic heterocycles. The second-order valence-electron chi connectivity index (χ2n) is 5.06. The average Bonchev–Trinajstić information content (AvgIpc) is 3.05. The molecule has 23 heavy (non-hydrogen) atoms. The fourth-order valence-electron chi connectivity index (χ4n) is 2.12. The van der Waals surface area contributed by atoms with Crippen LogP contribution in [0.4, 0.5) is 0 Å². The second-order valence-corrected chi connectivity index (χ2v) is 5.06. The number of ketones is 1. The molecule has 1 aromatic heterocycles. The largest absolute Gasteiger partial charge is 0.519 e. The molecular formula is C15H16O8. The van der Waals surface area contributed by atoms with Crippen molar-refractivity contribution in [1.82, 2.24) is 0 Å². The van der Waals surface area contributed by atoms with Gasteiger partial charge in [0, 0.05) is 18.6 Å². The van der Waals surface area contributed by atoms with Crippen LogP contribution < -0.4 is 5.82 Å². The number of esters is 2. The van der Waals surface area contributed by atoms with Crippen LogP contribution in [0.1, 0.15) is 30.8 Å². The Hall–Kier alpha value is -2.64. The van der Waals surface area contributed by atoms with E-state index in [-0.39, 0.29) is 36.4 Å². The number of rotatable bonds is 6. The van der Waals surface area contributed by atoms with Gasteiger partial charge in [-0.05, 0) is 19.8 Å². The summed E-state index contributed by atoms with van der Waals surface area (Å²) < 4.78 is 18.9. The predicted molar refractivity (Wildman–Crippen MR) is 74.2 cm³/mol. The van der Waals surface area contributed by atoms with Crippen molar-refractivity contribution >= 4 is 17.7 Å². The van der Waals surface area contributed by atoms with Gasteiger partial charge in [-0.2, -0.15) is 0 Å². The monoisotopic (exact) mass is 324 g/mol. The first kappa shape index (κ1) is 16.7. The maximum Gasteiger partial charge on any atom is 0.519 e. The van der Waals surface area contributed by atoms with Gasteiger partial charge in [-0.15, -0.1) is 0 Å². The molecule has 1 aliphatic carbocycles. The van der Waals surface area contributed by atoms with Crippen molar-refractivity contribution in [2.24, 2.45) is 5.92 Å². The van der Waals surface area contributed by atoms with E-state index in [4.69, 9.17) is 9.47 Å². The topological polar surface area (TPSA) is 113 Å². The number of Topliss-reactive ketones (excluding diaryl/α,β-unsaturated/α-hetero) is 1. The number of carbonyl (C=O) groups excluding carboxylic acids is 3. The van der Waals surface area contributed by atoms with E-state index in [1.807, 2.05) is 0 Å². The van der Waals surface area contributed by atoms with Crippen molar-refractivity contribution < 1.29 is 32.7 Å². The Morgan fingerprint density at radius 1 is 1.17 bits per heavy atom. The van der Waals surface area contributed by atoms with Crippen LogP contribution in [0.15, 0.2) is 25.8 Å². The molecule has 8 nitrogen and oxygen atoms in total. The second kappa shape index (κ2) is 7.57. The lowest BCUT2D eigenvalue weighted by atomic mass is 10.1. The quantitative estimate of drug-likeness (QED) is 0.563. The van der Waals surface area contributed by atoms with E-state index in [1.165, 1.54) is 6.92 Å². The van der Waals surface area contributed by atoms with Crippen LogP contribution in [0.5, 0.6) is 0 Å². The van der Waals surface area contributed by atoms with E-state index in [9.17, 15) is 19.2 Å². The Kier molecular flexibility index (Phi) is 5.51. The zero-order chi connectivity index (χ0) is 16.8. The fraction of sp³-hybridized carbons (Fsp3) is 0.467. The van der Waals surface area contributed by atoms with Gasteiger partial charge in [0.2, 0.25) is 0 Å². The highest BCUT2D eigenvalue weighted by atomic mass is 16.6. The minimum absolute atomic E-state index is 0.0242. The molecule has 1 aliphatic rings. The van der Waals surface area contributed by atoms with Crippen LogP contribution in [0, 0.1) is 12.8 Å². The van der Waals surface area contributed by atoms with Gasteiger partial charge in [-0.25, -0.2) is 14.4 Å². The standard InChI is InChI=1S/C15H16O8/c1-9-12(23-15(19)22-9)8-21-14(18)6-5-13(17)20-7-10-3-2-4-11(10)16/h5-6,10H,2-4,7-8H2,1H3/b6-5+. The predicted octanol–water partition coefficient (Wildman–Crippen LogP) is 1.05. The summed E-state index contributed by atoms with van der Waals surface area (Å²) in [5.74, 6) is -2.25. The molecule has 0 bridgehead atoms. The maximum atomic E-state index is 11.4. The van der Waals surface area contributed by atoms with Gasteiger partial charge in [0.15, 0.2) is 18.1 Å². The van der Waals surface area contributed by atoms with E-state index in [0.717, 1.165) is 18.6 Å². The summed E-state index contributed by atoms with van der Waals surface area (Å²) in [4.78, 5) is 45.1. The van der Waals surface area contributed by atoms with Crippen molar-refractivity contribution in [2.45, 2.75) is 32.8 Å². The van der Waals surface area contributed by atoms with Gasteiger partial charge in [0.1, 0.15) is 12.4 Å². The Morgan fingerprint density at radius 2 is 1.87 bits per heavy atom. The molecule has 2 rings (SSSR count). The van der Waals surface area contributed by atoms with Crippen molar-refractivity contribution in [3.05, 3.63) is 34.3 Å². The Morgan fingerprint density at radius 3 is 2.43 bits per heavy atom. The zero-order valence-electron chi connectivity index (χ0n) is 12.5. The molecular weight excluding hydrogens is 308 g/mol. The van der Waals surface area contributed by atoms with Gasteiger partial charge in [0.05, 0.1) is 5.92 Å². The first-order chi connectivity index (χ1) is 11.0. The molecule has 1 saturated carbocycles. The molecule has 8 heteroatoms. The molecule has 0 amide bonds. The van der Waals surface area contributed by atoms with Crippen LogP contribution in [-0.4, -0.2) is 24.3 Å².